The molecule has 0 radical (unpaired) electrons. The highest BCUT2D eigenvalue weighted by Crippen LogP contribution is 2.60. The van der Waals surface area contributed by atoms with Crippen LogP contribution in [0.5, 0.6) is 0 Å². The molecule has 0 spiro atoms. The molecule has 2 aromatic rings. The number of rotatable bonds is 2. The number of benzene rings is 2. The van der Waals surface area contributed by atoms with Gasteiger partial charge in [-0.15, -0.1) is 44.3 Å². The average molecular weight is 392 g/mol. The molecule has 0 N–H and O–H groups in total. The van der Waals surface area contributed by atoms with Crippen LogP contribution in [0.15, 0.2) is 60.7 Å². The number of hydrogen-bond acceptors (Lipinski definition) is 0. The zero-order valence-corrected chi connectivity index (χ0v) is 16.2. The van der Waals surface area contributed by atoms with Crippen LogP contribution < -0.4 is 0 Å². The second kappa shape index (κ2) is 5.91. The maximum atomic E-state index is 6.77. The van der Waals surface area contributed by atoms with Crippen LogP contribution in [-0.4, -0.2) is 13.4 Å². The minimum Gasteiger partial charge on any atom is -0.145 e. The van der Waals surface area contributed by atoms with Crippen LogP contribution >= 0.6 is 44.3 Å². The molecule has 2 aromatic carbocycles. The van der Waals surface area contributed by atoms with E-state index in [1.807, 2.05) is 36.4 Å². The van der Waals surface area contributed by atoms with Crippen molar-refractivity contribution in [2.24, 2.45) is 0 Å². The van der Waals surface area contributed by atoms with E-state index in [-0.39, 0.29) is 11.1 Å². The molecule has 0 aromatic heterocycles. The van der Waals surface area contributed by atoms with Crippen molar-refractivity contribution >= 4 is 57.7 Å². The highest BCUT2D eigenvalue weighted by molar-refractivity contribution is 7.59. The zero-order chi connectivity index (χ0) is 15.1. The Kier molecular flexibility index (Phi) is 4.48. The topological polar surface area (TPSA) is 0 Å². The summed E-state index contributed by atoms with van der Waals surface area (Å²) >= 11 is 27.1. The Hall–Kier alpha value is 0.0338. The fourth-order valence-corrected chi connectivity index (χ4v) is 26.3. The Balaban J connectivity index is 2.13. The third kappa shape index (κ3) is 3.07. The molecule has 1 fully saturated rings. The quantitative estimate of drug-likeness (QED) is 0.433. The first-order chi connectivity index (χ1) is 9.92. The van der Waals surface area contributed by atoms with Gasteiger partial charge in [-0.3, -0.25) is 0 Å². The molecular weight excluding hydrogens is 378 g/mol. The van der Waals surface area contributed by atoms with Gasteiger partial charge in [0.25, 0.3) is 13.4 Å². The van der Waals surface area contributed by atoms with Crippen LogP contribution in [0.1, 0.15) is 22.2 Å². The van der Waals surface area contributed by atoms with Gasteiger partial charge in [0.05, 0.1) is 0 Å². The van der Waals surface area contributed by atoms with Crippen molar-refractivity contribution in [3.63, 3.8) is 0 Å². The van der Waals surface area contributed by atoms with E-state index in [2.05, 4.69) is 24.3 Å². The van der Waals surface area contributed by atoms with Gasteiger partial charge >= 0.3 is 0 Å². The minimum atomic E-state index is -2.55. The third-order valence-corrected chi connectivity index (χ3v) is 18.9. The Morgan fingerprint density at radius 3 is 1.29 bits per heavy atom. The molecule has 0 aliphatic carbocycles. The van der Waals surface area contributed by atoms with Crippen LogP contribution in [-0.2, 0) is 0 Å². The molecule has 0 nitrogen and oxygen atoms in total. The first-order valence-corrected chi connectivity index (χ1v) is 15.4. The van der Waals surface area contributed by atoms with Crippen LogP contribution in [0, 0.1) is 0 Å². The van der Waals surface area contributed by atoms with Crippen molar-refractivity contribution in [2.75, 3.05) is 0 Å². The molecule has 1 aliphatic heterocycles. The average Bonchev–Trinajstić information content (AvgIpc) is 2.64. The molecule has 3 rings (SSSR count). The van der Waals surface area contributed by atoms with E-state index in [0.717, 1.165) is 11.1 Å². The second-order valence-corrected chi connectivity index (χ2v) is 20.4. The van der Waals surface area contributed by atoms with Gasteiger partial charge in [0.2, 0.25) is 0 Å². The van der Waals surface area contributed by atoms with Crippen molar-refractivity contribution in [2.45, 2.75) is 16.7 Å². The lowest BCUT2D eigenvalue weighted by atomic mass is 10.0. The predicted molar refractivity (Wildman–Crippen MR) is 98.1 cm³/mol. The molecule has 1 saturated heterocycles. The van der Waals surface area contributed by atoms with Gasteiger partial charge in [0.1, 0.15) is 0 Å². The molecule has 0 saturated carbocycles. The summed E-state index contributed by atoms with van der Waals surface area (Å²) in [5, 5.41) is 0. The second-order valence-electron chi connectivity index (χ2n) is 5.48. The lowest BCUT2D eigenvalue weighted by molar-refractivity contribution is 0.866. The van der Waals surface area contributed by atoms with Crippen LogP contribution in [0.4, 0.5) is 0 Å². The van der Waals surface area contributed by atoms with E-state index in [9.17, 15) is 0 Å². The summed E-state index contributed by atoms with van der Waals surface area (Å²) in [7, 11) is 0. The molecule has 0 amide bonds. The Labute approximate surface area is 145 Å². The van der Waals surface area contributed by atoms with Crippen molar-refractivity contribution in [1.29, 1.82) is 0 Å². The zero-order valence-electron chi connectivity index (χ0n) is 11.1. The fourth-order valence-electron chi connectivity index (χ4n) is 3.22. The summed E-state index contributed by atoms with van der Waals surface area (Å²) < 4.78 is 0. The normalized spacial score (nSPS) is 26.7. The molecule has 1 heterocycles. The fraction of sp³-hybridized carbons (Fsp3) is 0.200. The lowest BCUT2D eigenvalue weighted by Crippen LogP contribution is -2.27. The van der Waals surface area contributed by atoms with Crippen molar-refractivity contribution < 1.29 is 0 Å². The Morgan fingerprint density at radius 2 is 0.952 bits per heavy atom. The highest BCUT2D eigenvalue weighted by Gasteiger charge is 2.63. The monoisotopic (exact) mass is 390 g/mol. The standard InChI is InChI=1S/C15H14Cl4Si2/c16-20(17)11-21(18,19)15(13-9-5-2-6-10-13)14(20)12-7-3-1-4-8-12/h1-10,14-15H,11H2/t14-,15-/m0/s1. The van der Waals surface area contributed by atoms with Gasteiger partial charge in [0.15, 0.2) is 0 Å². The van der Waals surface area contributed by atoms with Gasteiger partial charge in [-0.25, -0.2) is 0 Å². The van der Waals surface area contributed by atoms with Gasteiger partial charge in [0, 0.05) is 11.1 Å². The summed E-state index contributed by atoms with van der Waals surface area (Å²) in [6.45, 7) is -5.10. The van der Waals surface area contributed by atoms with Gasteiger partial charge < -0.3 is 0 Å². The molecule has 110 valence electrons. The number of hydrogen-bond donors (Lipinski definition) is 0. The van der Waals surface area contributed by atoms with Crippen molar-refractivity contribution in [1.82, 2.24) is 0 Å². The largest absolute Gasteiger partial charge is 0.258 e. The lowest BCUT2D eigenvalue weighted by Gasteiger charge is -2.28. The molecule has 6 heteroatoms. The highest BCUT2D eigenvalue weighted by atomic mass is 35.7. The van der Waals surface area contributed by atoms with Crippen molar-refractivity contribution in [3.05, 3.63) is 71.8 Å². The van der Waals surface area contributed by atoms with Crippen molar-refractivity contribution in [3.8, 4) is 0 Å². The summed E-state index contributed by atoms with van der Waals surface area (Å²) in [6, 6.07) is 20.4. The maximum absolute atomic E-state index is 6.77. The first-order valence-electron chi connectivity index (χ1n) is 6.77. The molecular formula is C15H14Cl4Si2. The molecule has 2 atom stereocenters. The van der Waals surface area contributed by atoms with E-state index in [4.69, 9.17) is 44.3 Å². The minimum absolute atomic E-state index is 0.0473. The van der Waals surface area contributed by atoms with Gasteiger partial charge in [-0.2, -0.15) is 0 Å². The summed E-state index contributed by atoms with van der Waals surface area (Å²) in [6.07, 6.45) is 0. The van der Waals surface area contributed by atoms with E-state index in [1.165, 1.54) is 0 Å². The maximum Gasteiger partial charge on any atom is 0.258 e. The summed E-state index contributed by atoms with van der Waals surface area (Å²) in [5.74, 6) is 0. The van der Waals surface area contributed by atoms with Crippen LogP contribution in [0.3, 0.4) is 0 Å². The smallest absolute Gasteiger partial charge is 0.145 e. The van der Waals surface area contributed by atoms with Gasteiger partial charge in [-0.1, -0.05) is 60.7 Å². The molecule has 21 heavy (non-hydrogen) atoms. The Bertz CT molecular complexity index is 561. The molecule has 0 unspecified atom stereocenters. The summed E-state index contributed by atoms with van der Waals surface area (Å²) in [5.41, 5.74) is 3.00. The van der Waals surface area contributed by atoms with Gasteiger partial charge in [-0.05, 0) is 16.8 Å². The third-order valence-electron chi connectivity index (χ3n) is 4.03. The van der Waals surface area contributed by atoms with E-state index < -0.39 is 13.4 Å². The Morgan fingerprint density at radius 1 is 0.619 bits per heavy atom. The number of halogens is 4. The molecule has 0 bridgehead atoms. The predicted octanol–water partition coefficient (Wildman–Crippen LogP) is 6.02. The van der Waals surface area contributed by atoms with Crippen LogP contribution in [0.25, 0.3) is 0 Å². The van der Waals surface area contributed by atoms with E-state index >= 15 is 0 Å². The first kappa shape index (κ1) is 15.9. The SMILES string of the molecule is Cl[Si]1(Cl)C[Si](Cl)(Cl)[C@@H](c2ccccc2)[C@@H]1c1ccccc1. The van der Waals surface area contributed by atoms with E-state index in [1.54, 1.807) is 0 Å². The van der Waals surface area contributed by atoms with Crippen LogP contribution in [0.2, 0.25) is 5.67 Å². The van der Waals surface area contributed by atoms with E-state index in [0.29, 0.717) is 5.67 Å². The molecule has 1 aliphatic rings. The summed E-state index contributed by atoms with van der Waals surface area (Å²) in [4.78, 5) is 0.